The van der Waals surface area contributed by atoms with Crippen LogP contribution in [0.4, 0.5) is 0 Å². The molecule has 0 fully saturated rings. The van der Waals surface area contributed by atoms with Gasteiger partial charge in [0.15, 0.2) is 0 Å². The lowest BCUT2D eigenvalue weighted by atomic mass is 9.97. The SMILES string of the molecule is CCC/C(NC(C)(C)CCC)=C(/C)C(=O)O. The van der Waals surface area contributed by atoms with Gasteiger partial charge in [0.2, 0.25) is 0 Å². The molecule has 0 aliphatic carbocycles. The molecule has 0 aromatic carbocycles. The molecule has 0 unspecified atom stereocenters. The van der Waals surface area contributed by atoms with Crippen molar-refractivity contribution in [3.05, 3.63) is 11.3 Å². The van der Waals surface area contributed by atoms with Crippen molar-refractivity contribution < 1.29 is 9.90 Å². The average Bonchev–Trinajstić information content (AvgIpc) is 2.15. The zero-order valence-electron chi connectivity index (χ0n) is 11.2. The number of rotatable bonds is 7. The summed E-state index contributed by atoms with van der Waals surface area (Å²) in [7, 11) is 0. The summed E-state index contributed by atoms with van der Waals surface area (Å²) in [6, 6.07) is 0. The Morgan fingerprint density at radius 2 is 1.81 bits per heavy atom. The molecular formula is C13H25NO2. The highest BCUT2D eigenvalue weighted by molar-refractivity contribution is 5.86. The van der Waals surface area contributed by atoms with E-state index in [1.807, 2.05) is 0 Å². The Bertz CT molecular complexity index is 267. The second-order valence-electron chi connectivity index (χ2n) is 4.92. The predicted molar refractivity (Wildman–Crippen MR) is 67.4 cm³/mol. The van der Waals surface area contributed by atoms with Crippen molar-refractivity contribution in [2.75, 3.05) is 0 Å². The second-order valence-corrected chi connectivity index (χ2v) is 4.92. The van der Waals surface area contributed by atoms with E-state index in [1.165, 1.54) is 0 Å². The summed E-state index contributed by atoms with van der Waals surface area (Å²) in [6.07, 6.45) is 3.87. The summed E-state index contributed by atoms with van der Waals surface area (Å²) in [5, 5.41) is 12.4. The van der Waals surface area contributed by atoms with Crippen molar-refractivity contribution in [2.45, 2.75) is 65.8 Å². The van der Waals surface area contributed by atoms with Crippen LogP contribution >= 0.6 is 0 Å². The van der Waals surface area contributed by atoms with Gasteiger partial charge in [-0.05, 0) is 33.6 Å². The molecule has 3 nitrogen and oxygen atoms in total. The molecule has 0 radical (unpaired) electrons. The van der Waals surface area contributed by atoms with E-state index in [2.05, 4.69) is 33.0 Å². The molecule has 3 heteroatoms. The normalized spacial score (nSPS) is 13.3. The Morgan fingerprint density at radius 1 is 1.25 bits per heavy atom. The Morgan fingerprint density at radius 3 is 2.19 bits per heavy atom. The zero-order valence-corrected chi connectivity index (χ0v) is 11.2. The number of carboxylic acids is 1. The first-order valence-corrected chi connectivity index (χ1v) is 6.05. The fourth-order valence-corrected chi connectivity index (χ4v) is 1.82. The van der Waals surface area contributed by atoms with Crippen LogP contribution in [0.5, 0.6) is 0 Å². The summed E-state index contributed by atoms with van der Waals surface area (Å²) in [5.41, 5.74) is 1.27. The fourth-order valence-electron chi connectivity index (χ4n) is 1.82. The molecule has 0 saturated heterocycles. The fraction of sp³-hybridized carbons (Fsp3) is 0.769. The zero-order chi connectivity index (χ0) is 12.8. The molecule has 0 aliphatic rings. The van der Waals surface area contributed by atoms with Crippen LogP contribution in [-0.2, 0) is 4.79 Å². The minimum atomic E-state index is -0.830. The lowest BCUT2D eigenvalue weighted by molar-refractivity contribution is -0.132. The maximum absolute atomic E-state index is 11.0. The Kier molecular flexibility index (Phi) is 6.16. The summed E-state index contributed by atoms with van der Waals surface area (Å²) in [5.74, 6) is -0.830. The van der Waals surface area contributed by atoms with E-state index in [4.69, 9.17) is 5.11 Å². The highest BCUT2D eigenvalue weighted by Crippen LogP contribution is 2.17. The highest BCUT2D eigenvalue weighted by Gasteiger charge is 2.19. The topological polar surface area (TPSA) is 49.3 Å². The van der Waals surface area contributed by atoms with E-state index < -0.39 is 5.97 Å². The molecule has 16 heavy (non-hydrogen) atoms. The van der Waals surface area contributed by atoms with Gasteiger partial charge in [0.1, 0.15) is 0 Å². The van der Waals surface area contributed by atoms with Gasteiger partial charge in [0, 0.05) is 11.2 Å². The molecule has 2 N–H and O–H groups in total. The lowest BCUT2D eigenvalue weighted by Crippen LogP contribution is -2.39. The van der Waals surface area contributed by atoms with E-state index in [9.17, 15) is 4.79 Å². The third-order valence-electron chi connectivity index (χ3n) is 2.64. The van der Waals surface area contributed by atoms with Crippen LogP contribution in [0.15, 0.2) is 11.3 Å². The molecule has 0 aromatic rings. The average molecular weight is 227 g/mol. The second kappa shape index (κ2) is 6.56. The van der Waals surface area contributed by atoms with E-state index in [0.717, 1.165) is 31.4 Å². The minimum Gasteiger partial charge on any atom is -0.478 e. The van der Waals surface area contributed by atoms with Gasteiger partial charge in [-0.3, -0.25) is 0 Å². The minimum absolute atomic E-state index is 0.0318. The molecule has 0 spiro atoms. The van der Waals surface area contributed by atoms with E-state index in [0.29, 0.717) is 5.57 Å². The molecule has 0 atom stereocenters. The van der Waals surface area contributed by atoms with Crippen LogP contribution in [0.25, 0.3) is 0 Å². The number of hydrogen-bond acceptors (Lipinski definition) is 2. The van der Waals surface area contributed by atoms with E-state index in [1.54, 1.807) is 6.92 Å². The Labute approximate surface area is 98.9 Å². The smallest absolute Gasteiger partial charge is 0.333 e. The van der Waals surface area contributed by atoms with Gasteiger partial charge < -0.3 is 10.4 Å². The summed E-state index contributed by atoms with van der Waals surface area (Å²) in [6.45, 7) is 10.1. The van der Waals surface area contributed by atoms with Gasteiger partial charge in [-0.2, -0.15) is 0 Å². The first-order valence-electron chi connectivity index (χ1n) is 6.05. The largest absolute Gasteiger partial charge is 0.478 e. The number of nitrogens with one attached hydrogen (secondary N) is 1. The van der Waals surface area contributed by atoms with Crippen molar-refractivity contribution >= 4 is 5.97 Å². The monoisotopic (exact) mass is 227 g/mol. The number of carboxylic acid groups (broad SMARTS) is 1. The van der Waals surface area contributed by atoms with Gasteiger partial charge in [-0.15, -0.1) is 0 Å². The van der Waals surface area contributed by atoms with Crippen LogP contribution in [0.1, 0.15) is 60.3 Å². The number of hydrogen-bond donors (Lipinski definition) is 2. The molecular weight excluding hydrogens is 202 g/mol. The summed E-state index contributed by atoms with van der Waals surface area (Å²) in [4.78, 5) is 11.0. The number of allylic oxidation sites excluding steroid dienone is 1. The third-order valence-corrected chi connectivity index (χ3v) is 2.64. The first-order chi connectivity index (χ1) is 7.34. The van der Waals surface area contributed by atoms with Gasteiger partial charge in [-0.1, -0.05) is 26.7 Å². The maximum atomic E-state index is 11.0. The molecule has 94 valence electrons. The Hall–Kier alpha value is -0.990. The molecule has 0 heterocycles. The quantitative estimate of drug-likeness (QED) is 0.656. The predicted octanol–water partition coefficient (Wildman–Crippen LogP) is 3.31. The van der Waals surface area contributed by atoms with Crippen LogP contribution in [0.3, 0.4) is 0 Å². The molecule has 0 rings (SSSR count). The van der Waals surface area contributed by atoms with Crippen LogP contribution in [-0.4, -0.2) is 16.6 Å². The molecule has 0 amide bonds. The molecule has 0 bridgehead atoms. The van der Waals surface area contributed by atoms with Crippen molar-refractivity contribution in [3.8, 4) is 0 Å². The summed E-state index contributed by atoms with van der Waals surface area (Å²) < 4.78 is 0. The Balaban J connectivity index is 4.82. The first kappa shape index (κ1) is 15.0. The van der Waals surface area contributed by atoms with Gasteiger partial charge in [-0.25, -0.2) is 4.79 Å². The molecule has 0 aliphatic heterocycles. The van der Waals surface area contributed by atoms with Crippen molar-refractivity contribution in [2.24, 2.45) is 0 Å². The molecule has 0 aromatic heterocycles. The lowest BCUT2D eigenvalue weighted by Gasteiger charge is -2.29. The third kappa shape index (κ3) is 5.19. The van der Waals surface area contributed by atoms with Crippen LogP contribution in [0.2, 0.25) is 0 Å². The number of carbonyl (C=O) groups is 1. The van der Waals surface area contributed by atoms with Gasteiger partial charge >= 0.3 is 5.97 Å². The van der Waals surface area contributed by atoms with Crippen LogP contribution in [0, 0.1) is 0 Å². The van der Waals surface area contributed by atoms with Crippen molar-refractivity contribution in [1.29, 1.82) is 0 Å². The van der Waals surface area contributed by atoms with Gasteiger partial charge in [0.25, 0.3) is 0 Å². The van der Waals surface area contributed by atoms with E-state index in [-0.39, 0.29) is 5.54 Å². The summed E-state index contributed by atoms with van der Waals surface area (Å²) >= 11 is 0. The standard InChI is InChI=1S/C13H25NO2/c1-6-8-11(10(3)12(15)16)14-13(4,5)9-7-2/h14H,6-9H2,1-5H3,(H,15,16)/b11-10+. The molecule has 0 saturated carbocycles. The van der Waals surface area contributed by atoms with Crippen molar-refractivity contribution in [1.82, 2.24) is 5.32 Å². The van der Waals surface area contributed by atoms with E-state index >= 15 is 0 Å². The van der Waals surface area contributed by atoms with Gasteiger partial charge in [0.05, 0.1) is 5.57 Å². The van der Waals surface area contributed by atoms with Crippen molar-refractivity contribution in [3.63, 3.8) is 0 Å². The van der Waals surface area contributed by atoms with Crippen LogP contribution < -0.4 is 5.32 Å². The maximum Gasteiger partial charge on any atom is 0.333 e. The highest BCUT2D eigenvalue weighted by atomic mass is 16.4. The number of aliphatic carboxylic acids is 1.